The minimum Gasteiger partial charge on any atom is -0.490 e. The Morgan fingerprint density at radius 3 is 2.56 bits per heavy atom. The van der Waals surface area contributed by atoms with Gasteiger partial charge in [0.2, 0.25) is 11.1 Å². The largest absolute Gasteiger partial charge is 0.490 e. The number of carbonyl (C=O) groups is 1. The first-order valence-electron chi connectivity index (χ1n) is 11.2. The normalized spacial score (nSPS) is 15.2. The van der Waals surface area contributed by atoms with E-state index in [1.807, 2.05) is 45.9 Å². The Kier molecular flexibility index (Phi) is 8.44. The Balaban J connectivity index is 2.10. The first-order chi connectivity index (χ1) is 15.5. The fourth-order valence-electron chi connectivity index (χ4n) is 3.47. The second-order valence-corrected chi connectivity index (χ2v) is 8.35. The lowest BCUT2D eigenvalue weighted by atomic mass is 9.95. The fourth-order valence-corrected chi connectivity index (χ4v) is 4.15. The van der Waals surface area contributed by atoms with E-state index in [1.165, 1.54) is 0 Å². The molecule has 0 bridgehead atoms. The average molecular weight is 461 g/mol. The van der Waals surface area contributed by atoms with Crippen molar-refractivity contribution in [2.75, 3.05) is 30.9 Å². The summed E-state index contributed by atoms with van der Waals surface area (Å²) in [6.45, 7) is 11.2. The highest BCUT2D eigenvalue weighted by molar-refractivity contribution is 7.99. The molecule has 0 aliphatic carbocycles. The lowest BCUT2D eigenvalue weighted by molar-refractivity contribution is -0.139. The van der Waals surface area contributed by atoms with Gasteiger partial charge in [0.25, 0.3) is 0 Å². The van der Waals surface area contributed by atoms with Crippen LogP contribution in [-0.4, -0.2) is 46.3 Å². The Morgan fingerprint density at radius 2 is 1.88 bits per heavy atom. The maximum absolute atomic E-state index is 13.1. The van der Waals surface area contributed by atoms with E-state index in [0.717, 1.165) is 24.2 Å². The van der Waals surface area contributed by atoms with Crippen LogP contribution in [0.3, 0.4) is 0 Å². The minimum atomic E-state index is -0.492. The number of esters is 1. The quantitative estimate of drug-likeness (QED) is 0.377. The molecule has 1 aliphatic heterocycles. The topological polar surface area (TPSA) is 87.5 Å². The molecule has 3 rings (SSSR count). The molecule has 1 unspecified atom stereocenters. The van der Waals surface area contributed by atoms with E-state index < -0.39 is 6.04 Å². The lowest BCUT2D eigenvalue weighted by Crippen LogP contribution is -2.29. The molecule has 1 aromatic carbocycles. The first kappa shape index (κ1) is 24.0. The second kappa shape index (κ2) is 11.3. The highest BCUT2D eigenvalue weighted by atomic mass is 32.2. The van der Waals surface area contributed by atoms with Crippen molar-refractivity contribution in [2.45, 2.75) is 58.7 Å². The SMILES string of the molecule is CCCOC(=O)C1=C(C)Nc2nc(SCCC)nn2C1c1ccc(OCC)c(OCC)c1. The zero-order valence-corrected chi connectivity index (χ0v) is 20.3. The molecule has 0 saturated carbocycles. The Bertz CT molecular complexity index is 973. The summed E-state index contributed by atoms with van der Waals surface area (Å²) in [6, 6.07) is 5.23. The van der Waals surface area contributed by atoms with Gasteiger partial charge in [-0.3, -0.25) is 0 Å². The summed E-state index contributed by atoms with van der Waals surface area (Å²) < 4.78 is 18.8. The van der Waals surface area contributed by atoms with Gasteiger partial charge in [0.15, 0.2) is 11.5 Å². The number of fused-ring (bicyclic) bond motifs is 1. The van der Waals surface area contributed by atoms with Gasteiger partial charge in [-0.15, -0.1) is 5.10 Å². The molecule has 9 heteroatoms. The predicted octanol–water partition coefficient (Wildman–Crippen LogP) is 4.82. The van der Waals surface area contributed by atoms with Crippen molar-refractivity contribution < 1.29 is 19.0 Å². The molecule has 174 valence electrons. The molecule has 1 aliphatic rings. The van der Waals surface area contributed by atoms with Gasteiger partial charge < -0.3 is 19.5 Å². The highest BCUT2D eigenvalue weighted by Gasteiger charge is 2.35. The summed E-state index contributed by atoms with van der Waals surface area (Å²) in [6.07, 6.45) is 1.77. The van der Waals surface area contributed by atoms with Crippen molar-refractivity contribution in [1.82, 2.24) is 14.8 Å². The number of benzene rings is 1. The summed E-state index contributed by atoms with van der Waals surface area (Å²) in [5.41, 5.74) is 2.06. The van der Waals surface area contributed by atoms with Crippen molar-refractivity contribution in [3.63, 3.8) is 0 Å². The molecule has 2 aromatic rings. The average Bonchev–Trinajstić information content (AvgIpc) is 3.18. The molecule has 0 radical (unpaired) electrons. The second-order valence-electron chi connectivity index (χ2n) is 7.29. The van der Waals surface area contributed by atoms with Crippen LogP contribution in [0.2, 0.25) is 0 Å². The molecule has 0 fully saturated rings. The Hall–Kier alpha value is -2.68. The van der Waals surface area contributed by atoms with Crippen LogP contribution in [0.5, 0.6) is 11.5 Å². The van der Waals surface area contributed by atoms with Gasteiger partial charge in [0.1, 0.15) is 6.04 Å². The summed E-state index contributed by atoms with van der Waals surface area (Å²) >= 11 is 1.59. The molecule has 2 heterocycles. The highest BCUT2D eigenvalue weighted by Crippen LogP contribution is 2.40. The number of rotatable bonds is 11. The lowest BCUT2D eigenvalue weighted by Gasteiger charge is -2.28. The van der Waals surface area contributed by atoms with Crippen molar-refractivity contribution in [2.24, 2.45) is 0 Å². The molecule has 0 amide bonds. The third-order valence-corrected chi connectivity index (χ3v) is 5.85. The van der Waals surface area contributed by atoms with Crippen LogP contribution < -0.4 is 14.8 Å². The monoisotopic (exact) mass is 460 g/mol. The number of carbonyl (C=O) groups excluding carboxylic acids is 1. The number of nitrogens with zero attached hydrogens (tertiary/aromatic N) is 3. The minimum absolute atomic E-state index is 0.359. The van der Waals surface area contributed by atoms with Crippen molar-refractivity contribution >= 4 is 23.7 Å². The number of ether oxygens (including phenoxy) is 3. The molecule has 0 saturated heterocycles. The van der Waals surface area contributed by atoms with Gasteiger partial charge in [-0.2, -0.15) is 4.98 Å². The van der Waals surface area contributed by atoms with Gasteiger partial charge in [0.05, 0.1) is 25.4 Å². The third kappa shape index (κ3) is 5.20. The standard InChI is InChI=1S/C23H32N4O4S/c1-6-12-31-21(28)19-15(5)24-22-25-23(32-13-7-2)26-27(22)20(19)16-10-11-17(29-8-3)18(14-16)30-9-4/h10-11,14,20H,6-9,12-13H2,1-5H3,(H,24,25,26). The number of hydrogen-bond donors (Lipinski definition) is 1. The van der Waals surface area contributed by atoms with E-state index >= 15 is 0 Å². The van der Waals surface area contributed by atoms with Crippen molar-refractivity contribution in [1.29, 1.82) is 0 Å². The maximum atomic E-state index is 13.1. The summed E-state index contributed by atoms with van der Waals surface area (Å²) in [5.74, 6) is 2.46. The number of nitrogens with one attached hydrogen (secondary N) is 1. The van der Waals surface area contributed by atoms with Gasteiger partial charge in [0, 0.05) is 11.4 Å². The third-order valence-electron chi connectivity index (χ3n) is 4.81. The van der Waals surface area contributed by atoms with Crippen molar-refractivity contribution in [3.05, 3.63) is 35.0 Å². The van der Waals surface area contributed by atoms with Gasteiger partial charge in [-0.25, -0.2) is 9.48 Å². The summed E-state index contributed by atoms with van der Waals surface area (Å²) in [4.78, 5) is 17.7. The van der Waals surface area contributed by atoms with Crippen molar-refractivity contribution in [3.8, 4) is 11.5 Å². The molecular weight excluding hydrogens is 428 g/mol. The smallest absolute Gasteiger partial charge is 0.338 e. The van der Waals surface area contributed by atoms with Crippen LogP contribution in [0, 0.1) is 0 Å². The number of hydrogen-bond acceptors (Lipinski definition) is 8. The number of anilines is 1. The van der Waals surface area contributed by atoms with Gasteiger partial charge >= 0.3 is 5.97 Å². The van der Waals surface area contributed by atoms with E-state index in [0.29, 0.717) is 53.7 Å². The maximum Gasteiger partial charge on any atom is 0.338 e. The first-order valence-corrected chi connectivity index (χ1v) is 12.2. The van der Waals surface area contributed by atoms with E-state index in [4.69, 9.17) is 19.3 Å². The summed E-state index contributed by atoms with van der Waals surface area (Å²) in [7, 11) is 0. The van der Waals surface area contributed by atoms with E-state index in [9.17, 15) is 4.79 Å². The van der Waals surface area contributed by atoms with Gasteiger partial charge in [-0.05, 0) is 51.3 Å². The molecule has 32 heavy (non-hydrogen) atoms. The van der Waals surface area contributed by atoms with Gasteiger partial charge in [-0.1, -0.05) is 31.7 Å². The molecule has 1 aromatic heterocycles. The van der Waals surface area contributed by atoms with E-state index in [1.54, 1.807) is 16.4 Å². The van der Waals surface area contributed by atoms with E-state index in [2.05, 4.69) is 17.2 Å². The Morgan fingerprint density at radius 1 is 1.12 bits per heavy atom. The number of aromatic nitrogens is 3. The Labute approximate surface area is 193 Å². The van der Waals surface area contributed by atoms with Crippen LogP contribution in [0.4, 0.5) is 5.95 Å². The molecular formula is C23H32N4O4S. The molecule has 0 spiro atoms. The predicted molar refractivity (Wildman–Crippen MR) is 126 cm³/mol. The zero-order chi connectivity index (χ0) is 23.1. The van der Waals surface area contributed by atoms with Crippen LogP contribution in [0.1, 0.15) is 59.1 Å². The molecule has 1 atom stereocenters. The van der Waals surface area contributed by atoms with Crippen LogP contribution in [0.25, 0.3) is 0 Å². The molecule has 1 N–H and O–H groups in total. The molecule has 8 nitrogen and oxygen atoms in total. The zero-order valence-electron chi connectivity index (χ0n) is 19.4. The van der Waals surface area contributed by atoms with E-state index in [-0.39, 0.29) is 5.97 Å². The number of thioether (sulfide) groups is 1. The fraction of sp³-hybridized carbons (Fsp3) is 0.522. The summed E-state index contributed by atoms with van der Waals surface area (Å²) in [5, 5.41) is 8.63. The van der Waals surface area contributed by atoms with Crippen LogP contribution >= 0.6 is 11.8 Å². The van der Waals surface area contributed by atoms with Crippen LogP contribution in [0.15, 0.2) is 34.6 Å². The number of allylic oxidation sites excluding steroid dienone is 1. The van der Waals surface area contributed by atoms with Crippen LogP contribution in [-0.2, 0) is 9.53 Å².